The van der Waals surface area contributed by atoms with E-state index in [2.05, 4.69) is 5.32 Å². The summed E-state index contributed by atoms with van der Waals surface area (Å²) < 4.78 is 27.9. The van der Waals surface area contributed by atoms with Crippen LogP contribution in [0.2, 0.25) is 0 Å². The van der Waals surface area contributed by atoms with Gasteiger partial charge in [-0.15, -0.1) is 0 Å². The molecule has 0 saturated heterocycles. The van der Waals surface area contributed by atoms with Gasteiger partial charge in [-0.3, -0.25) is 14.9 Å². The molecule has 0 unspecified atom stereocenters. The molecule has 0 aliphatic heterocycles. The Labute approximate surface area is 134 Å². The fraction of sp³-hybridized carbons (Fsp3) is 0.500. The largest absolute Gasteiger partial charge is 0.497 e. The maximum absolute atomic E-state index is 12.1. The van der Waals surface area contributed by atoms with Crippen LogP contribution in [0, 0.1) is 10.1 Å². The molecule has 1 N–H and O–H groups in total. The van der Waals surface area contributed by atoms with Crippen molar-refractivity contribution in [2.75, 3.05) is 19.4 Å². The third kappa shape index (κ3) is 4.65. The SMILES string of the molecule is COc1ccc([N+](=O)[O-])c(C(=O)NCCS(=O)(=O)C(C)(C)C)c1. The van der Waals surface area contributed by atoms with Crippen LogP contribution in [0.15, 0.2) is 18.2 Å². The van der Waals surface area contributed by atoms with Gasteiger partial charge in [-0.25, -0.2) is 8.42 Å². The highest BCUT2D eigenvalue weighted by atomic mass is 32.2. The molecule has 0 aliphatic carbocycles. The summed E-state index contributed by atoms with van der Waals surface area (Å²) in [4.78, 5) is 22.4. The van der Waals surface area contributed by atoms with Crippen LogP contribution in [-0.4, -0.2) is 43.4 Å². The van der Waals surface area contributed by atoms with E-state index < -0.39 is 25.4 Å². The maximum atomic E-state index is 12.1. The topological polar surface area (TPSA) is 116 Å². The summed E-state index contributed by atoms with van der Waals surface area (Å²) in [5.41, 5.74) is -0.551. The van der Waals surface area contributed by atoms with E-state index in [-0.39, 0.29) is 23.5 Å². The number of hydrogen-bond acceptors (Lipinski definition) is 6. The van der Waals surface area contributed by atoms with Gasteiger partial charge in [0, 0.05) is 12.6 Å². The second-order valence-corrected chi connectivity index (χ2v) is 8.69. The molecule has 0 aliphatic rings. The van der Waals surface area contributed by atoms with E-state index in [0.717, 1.165) is 0 Å². The molecule has 0 radical (unpaired) electrons. The summed E-state index contributed by atoms with van der Waals surface area (Å²) in [6, 6.07) is 3.78. The molecule has 0 bridgehead atoms. The number of amides is 1. The maximum Gasteiger partial charge on any atom is 0.282 e. The summed E-state index contributed by atoms with van der Waals surface area (Å²) in [6.07, 6.45) is 0. The van der Waals surface area contributed by atoms with E-state index in [4.69, 9.17) is 4.74 Å². The van der Waals surface area contributed by atoms with Crippen molar-refractivity contribution in [2.24, 2.45) is 0 Å². The van der Waals surface area contributed by atoms with Gasteiger partial charge in [0.2, 0.25) is 0 Å². The minimum Gasteiger partial charge on any atom is -0.497 e. The molecule has 0 heterocycles. The monoisotopic (exact) mass is 344 g/mol. The summed E-state index contributed by atoms with van der Waals surface area (Å²) in [6.45, 7) is 4.57. The third-order valence-electron chi connectivity index (χ3n) is 3.23. The second-order valence-electron chi connectivity index (χ2n) is 5.83. The Morgan fingerprint density at radius 2 is 1.96 bits per heavy atom. The van der Waals surface area contributed by atoms with Gasteiger partial charge in [0.05, 0.1) is 22.5 Å². The van der Waals surface area contributed by atoms with Gasteiger partial charge in [-0.1, -0.05) is 0 Å². The zero-order valence-electron chi connectivity index (χ0n) is 13.5. The van der Waals surface area contributed by atoms with Crippen molar-refractivity contribution >= 4 is 21.4 Å². The lowest BCUT2D eigenvalue weighted by molar-refractivity contribution is -0.385. The van der Waals surface area contributed by atoms with Crippen molar-refractivity contribution in [3.63, 3.8) is 0 Å². The lowest BCUT2D eigenvalue weighted by Gasteiger charge is -2.19. The van der Waals surface area contributed by atoms with Crippen molar-refractivity contribution in [1.29, 1.82) is 0 Å². The fourth-order valence-electron chi connectivity index (χ4n) is 1.68. The highest BCUT2D eigenvalue weighted by molar-refractivity contribution is 7.92. The Morgan fingerprint density at radius 3 is 2.43 bits per heavy atom. The highest BCUT2D eigenvalue weighted by Gasteiger charge is 2.29. The van der Waals surface area contributed by atoms with E-state index >= 15 is 0 Å². The lowest BCUT2D eigenvalue weighted by atomic mass is 10.1. The summed E-state index contributed by atoms with van der Waals surface area (Å²) in [5.74, 6) is -0.678. The number of methoxy groups -OCH3 is 1. The first-order valence-corrected chi connectivity index (χ1v) is 8.48. The van der Waals surface area contributed by atoms with Crippen molar-refractivity contribution in [3.8, 4) is 5.75 Å². The first-order valence-electron chi connectivity index (χ1n) is 6.82. The minimum absolute atomic E-state index is 0.132. The number of nitrogens with one attached hydrogen (secondary N) is 1. The van der Waals surface area contributed by atoms with Crippen LogP contribution in [0.4, 0.5) is 5.69 Å². The van der Waals surface area contributed by atoms with E-state index in [1.165, 1.54) is 25.3 Å². The van der Waals surface area contributed by atoms with Gasteiger partial charge in [-0.2, -0.15) is 0 Å². The van der Waals surface area contributed by atoms with Crippen LogP contribution in [-0.2, 0) is 9.84 Å². The van der Waals surface area contributed by atoms with E-state index in [1.807, 2.05) is 0 Å². The second kappa shape index (κ2) is 6.95. The van der Waals surface area contributed by atoms with Gasteiger partial charge in [0.1, 0.15) is 11.3 Å². The van der Waals surface area contributed by atoms with Crippen LogP contribution in [0.5, 0.6) is 5.75 Å². The van der Waals surface area contributed by atoms with Gasteiger partial charge in [0.15, 0.2) is 9.84 Å². The molecular weight excluding hydrogens is 324 g/mol. The number of sulfone groups is 1. The van der Waals surface area contributed by atoms with Crippen molar-refractivity contribution in [1.82, 2.24) is 5.32 Å². The Balaban J connectivity index is 2.89. The van der Waals surface area contributed by atoms with Gasteiger partial charge >= 0.3 is 0 Å². The quantitative estimate of drug-likeness (QED) is 0.618. The smallest absolute Gasteiger partial charge is 0.282 e. The molecule has 0 saturated carbocycles. The zero-order chi connectivity index (χ0) is 17.8. The number of hydrogen-bond donors (Lipinski definition) is 1. The van der Waals surface area contributed by atoms with Crippen LogP contribution in [0.1, 0.15) is 31.1 Å². The first kappa shape index (κ1) is 18.9. The van der Waals surface area contributed by atoms with E-state index in [9.17, 15) is 23.3 Å². The molecule has 9 heteroatoms. The van der Waals surface area contributed by atoms with Crippen molar-refractivity contribution in [2.45, 2.75) is 25.5 Å². The van der Waals surface area contributed by atoms with Crippen LogP contribution in [0.25, 0.3) is 0 Å². The fourth-order valence-corrected chi connectivity index (χ4v) is 2.67. The predicted molar refractivity (Wildman–Crippen MR) is 85.5 cm³/mol. The number of nitrogens with zero attached hydrogens (tertiary/aromatic N) is 1. The zero-order valence-corrected chi connectivity index (χ0v) is 14.3. The highest BCUT2D eigenvalue weighted by Crippen LogP contribution is 2.24. The minimum atomic E-state index is -3.39. The molecule has 0 fully saturated rings. The molecule has 128 valence electrons. The standard InChI is InChI=1S/C14H20N2O6S/c1-14(2,3)23(20,21)8-7-15-13(17)11-9-10(22-4)5-6-12(11)16(18)19/h5-6,9H,7-8H2,1-4H3,(H,15,17). The molecule has 0 aromatic heterocycles. The average Bonchev–Trinajstić information content (AvgIpc) is 2.44. The number of carbonyl (C=O) groups excluding carboxylic acids is 1. The number of benzene rings is 1. The molecule has 1 aromatic carbocycles. The van der Waals surface area contributed by atoms with Crippen LogP contribution < -0.4 is 10.1 Å². The molecule has 0 atom stereocenters. The van der Waals surface area contributed by atoms with E-state index in [0.29, 0.717) is 5.75 Å². The Bertz CT molecular complexity index is 706. The summed E-state index contributed by atoms with van der Waals surface area (Å²) in [7, 11) is -2.01. The molecule has 23 heavy (non-hydrogen) atoms. The van der Waals surface area contributed by atoms with Crippen molar-refractivity contribution < 1.29 is 22.9 Å². The summed E-state index contributed by atoms with van der Waals surface area (Å²) in [5, 5.41) is 13.4. The lowest BCUT2D eigenvalue weighted by Crippen LogP contribution is -2.36. The van der Waals surface area contributed by atoms with Gasteiger partial charge in [0.25, 0.3) is 11.6 Å². The van der Waals surface area contributed by atoms with E-state index in [1.54, 1.807) is 20.8 Å². The summed E-state index contributed by atoms with van der Waals surface area (Å²) >= 11 is 0. The number of ether oxygens (including phenoxy) is 1. The molecule has 1 amide bonds. The Hall–Kier alpha value is -2.16. The normalized spacial score (nSPS) is 11.8. The van der Waals surface area contributed by atoms with Crippen LogP contribution in [0.3, 0.4) is 0 Å². The molecule has 8 nitrogen and oxygen atoms in total. The average molecular weight is 344 g/mol. The number of nitro groups is 1. The molecule has 0 spiro atoms. The predicted octanol–water partition coefficient (Wildman–Crippen LogP) is 1.55. The van der Waals surface area contributed by atoms with Crippen LogP contribution >= 0.6 is 0 Å². The first-order chi connectivity index (χ1) is 10.5. The third-order valence-corrected chi connectivity index (χ3v) is 5.84. The molecule has 1 aromatic rings. The number of nitro benzene ring substituents is 1. The number of rotatable bonds is 6. The molecular formula is C14H20N2O6S. The number of carbonyl (C=O) groups is 1. The van der Waals surface area contributed by atoms with Gasteiger partial charge in [-0.05, 0) is 32.9 Å². The Morgan fingerprint density at radius 1 is 1.35 bits per heavy atom. The van der Waals surface area contributed by atoms with Crippen molar-refractivity contribution in [3.05, 3.63) is 33.9 Å². The van der Waals surface area contributed by atoms with Gasteiger partial charge < -0.3 is 10.1 Å². The Kier molecular flexibility index (Phi) is 5.70. The molecule has 1 rings (SSSR count).